The first-order valence-corrected chi connectivity index (χ1v) is 5.26. The molecule has 14 heavy (non-hydrogen) atoms. The molecule has 4 nitrogen and oxygen atoms in total. The van der Waals surface area contributed by atoms with Crippen molar-refractivity contribution in [2.24, 2.45) is 0 Å². The third-order valence-corrected chi connectivity index (χ3v) is 2.27. The molecule has 0 saturated heterocycles. The fraction of sp³-hybridized carbons (Fsp3) is 0.800. The monoisotopic (exact) mass is 196 g/mol. The van der Waals surface area contributed by atoms with E-state index in [9.17, 15) is 0 Å². The van der Waals surface area contributed by atoms with Crippen molar-refractivity contribution in [3.8, 4) is 0 Å². The van der Waals surface area contributed by atoms with Crippen molar-refractivity contribution in [1.29, 1.82) is 0 Å². The van der Waals surface area contributed by atoms with E-state index >= 15 is 0 Å². The second-order valence-electron chi connectivity index (χ2n) is 3.93. The molecular weight excluding hydrogens is 176 g/mol. The Bertz CT molecular complexity index is 267. The molecule has 4 heteroatoms. The van der Waals surface area contributed by atoms with Crippen LogP contribution in [0.3, 0.4) is 0 Å². The fourth-order valence-corrected chi connectivity index (χ4v) is 1.09. The zero-order valence-electron chi connectivity index (χ0n) is 9.49. The van der Waals surface area contributed by atoms with Gasteiger partial charge in [0.05, 0.1) is 12.6 Å². The van der Waals surface area contributed by atoms with Crippen molar-refractivity contribution < 1.29 is 0 Å². The maximum absolute atomic E-state index is 4.40. The molecule has 1 heterocycles. The topological polar surface area (TPSA) is 42.7 Å². The smallest absolute Gasteiger partial charge is 0.164 e. The van der Waals surface area contributed by atoms with E-state index in [2.05, 4.69) is 43.1 Å². The molecule has 0 aliphatic carbocycles. The average molecular weight is 196 g/mol. The van der Waals surface area contributed by atoms with Crippen LogP contribution in [0.5, 0.6) is 0 Å². The van der Waals surface area contributed by atoms with Crippen molar-refractivity contribution in [3.05, 3.63) is 12.2 Å². The molecule has 0 aliphatic rings. The molecule has 0 spiro atoms. The fourth-order valence-electron chi connectivity index (χ4n) is 1.09. The number of nitrogens with one attached hydrogen (secondary N) is 1. The lowest BCUT2D eigenvalue weighted by Gasteiger charge is -2.07. The van der Waals surface area contributed by atoms with Crippen LogP contribution in [0, 0.1) is 0 Å². The molecule has 1 atom stereocenters. The number of nitrogens with zero attached hydrogens (tertiary/aromatic N) is 3. The Balaban J connectivity index is 2.50. The molecule has 0 aliphatic heterocycles. The van der Waals surface area contributed by atoms with Gasteiger partial charge in [-0.3, -0.25) is 0 Å². The largest absolute Gasteiger partial charge is 0.308 e. The normalized spacial score (nSPS) is 13.5. The van der Waals surface area contributed by atoms with Crippen molar-refractivity contribution in [1.82, 2.24) is 20.1 Å². The summed E-state index contributed by atoms with van der Waals surface area (Å²) in [6.07, 6.45) is 2.89. The minimum atomic E-state index is 0.440. The lowest BCUT2D eigenvalue weighted by Crippen LogP contribution is -2.22. The number of hydrogen-bond donors (Lipinski definition) is 1. The summed E-state index contributed by atoms with van der Waals surface area (Å²) in [6, 6.07) is 0.917. The zero-order valence-corrected chi connectivity index (χ0v) is 9.49. The Morgan fingerprint density at radius 3 is 2.71 bits per heavy atom. The number of rotatable bonds is 5. The van der Waals surface area contributed by atoms with Gasteiger partial charge < -0.3 is 5.32 Å². The van der Waals surface area contributed by atoms with Crippen LogP contribution in [0.25, 0.3) is 0 Å². The standard InChI is InChI=1S/C10H20N4/c1-5-9(4)14-7-12-10(13-14)6-11-8(2)3/h7-9,11H,5-6H2,1-4H3. The van der Waals surface area contributed by atoms with Crippen LogP contribution >= 0.6 is 0 Å². The summed E-state index contributed by atoms with van der Waals surface area (Å²) in [6.45, 7) is 9.28. The van der Waals surface area contributed by atoms with Gasteiger partial charge >= 0.3 is 0 Å². The maximum atomic E-state index is 4.40. The first-order valence-electron chi connectivity index (χ1n) is 5.26. The van der Waals surface area contributed by atoms with Crippen molar-refractivity contribution in [2.45, 2.75) is 52.7 Å². The van der Waals surface area contributed by atoms with Gasteiger partial charge in [0, 0.05) is 6.04 Å². The van der Waals surface area contributed by atoms with Crippen molar-refractivity contribution >= 4 is 0 Å². The van der Waals surface area contributed by atoms with Gasteiger partial charge in [-0.15, -0.1) is 0 Å². The second-order valence-corrected chi connectivity index (χ2v) is 3.93. The summed E-state index contributed by atoms with van der Waals surface area (Å²) in [5, 5.41) is 7.69. The lowest BCUT2D eigenvalue weighted by molar-refractivity contribution is 0.469. The summed E-state index contributed by atoms with van der Waals surface area (Å²) < 4.78 is 1.93. The van der Waals surface area contributed by atoms with E-state index in [0.717, 1.165) is 18.8 Å². The van der Waals surface area contributed by atoms with Crippen LogP contribution in [0.4, 0.5) is 0 Å². The third-order valence-electron chi connectivity index (χ3n) is 2.27. The predicted octanol–water partition coefficient (Wildman–Crippen LogP) is 1.75. The van der Waals surface area contributed by atoms with Crippen LogP contribution in [-0.2, 0) is 6.54 Å². The van der Waals surface area contributed by atoms with Crippen LogP contribution in [-0.4, -0.2) is 20.8 Å². The number of aromatic nitrogens is 3. The summed E-state index contributed by atoms with van der Waals surface area (Å²) in [7, 11) is 0. The van der Waals surface area contributed by atoms with E-state index in [1.54, 1.807) is 0 Å². The van der Waals surface area contributed by atoms with E-state index < -0.39 is 0 Å². The molecule has 0 amide bonds. The third kappa shape index (κ3) is 3.10. The van der Waals surface area contributed by atoms with E-state index in [1.165, 1.54) is 0 Å². The highest BCUT2D eigenvalue weighted by molar-refractivity contribution is 4.82. The minimum Gasteiger partial charge on any atom is -0.308 e. The summed E-state index contributed by atoms with van der Waals surface area (Å²) >= 11 is 0. The van der Waals surface area contributed by atoms with Crippen molar-refractivity contribution in [2.75, 3.05) is 0 Å². The van der Waals surface area contributed by atoms with E-state index in [0.29, 0.717) is 12.1 Å². The highest BCUT2D eigenvalue weighted by Gasteiger charge is 2.05. The van der Waals surface area contributed by atoms with Gasteiger partial charge in [-0.05, 0) is 13.3 Å². The van der Waals surface area contributed by atoms with Gasteiger partial charge in [0.2, 0.25) is 0 Å². The second kappa shape index (κ2) is 5.10. The highest BCUT2D eigenvalue weighted by Crippen LogP contribution is 2.06. The lowest BCUT2D eigenvalue weighted by atomic mass is 10.3. The molecular formula is C10H20N4. The first kappa shape index (κ1) is 11.2. The molecule has 0 bridgehead atoms. The first-order chi connectivity index (χ1) is 6.63. The Labute approximate surface area is 85.7 Å². The molecule has 0 aromatic carbocycles. The summed E-state index contributed by atoms with van der Waals surface area (Å²) in [5.74, 6) is 0.874. The maximum Gasteiger partial charge on any atom is 0.164 e. The molecule has 1 rings (SSSR count). The Hall–Kier alpha value is -0.900. The Morgan fingerprint density at radius 2 is 2.14 bits per heavy atom. The summed E-state index contributed by atoms with van der Waals surface area (Å²) in [4.78, 5) is 4.25. The quantitative estimate of drug-likeness (QED) is 0.780. The summed E-state index contributed by atoms with van der Waals surface area (Å²) in [5.41, 5.74) is 0. The molecule has 1 unspecified atom stereocenters. The van der Waals surface area contributed by atoms with Crippen LogP contribution < -0.4 is 5.32 Å². The van der Waals surface area contributed by atoms with Crippen LogP contribution in [0.2, 0.25) is 0 Å². The molecule has 80 valence electrons. The van der Waals surface area contributed by atoms with Crippen molar-refractivity contribution in [3.63, 3.8) is 0 Å². The van der Waals surface area contributed by atoms with Gasteiger partial charge in [-0.2, -0.15) is 5.10 Å². The van der Waals surface area contributed by atoms with Crippen LogP contribution in [0.1, 0.15) is 46.0 Å². The van der Waals surface area contributed by atoms with Gasteiger partial charge in [0.15, 0.2) is 5.82 Å². The van der Waals surface area contributed by atoms with Gasteiger partial charge in [0.1, 0.15) is 6.33 Å². The SMILES string of the molecule is CCC(C)n1cnc(CNC(C)C)n1. The molecule has 0 fully saturated rings. The average Bonchev–Trinajstić information content (AvgIpc) is 2.62. The minimum absolute atomic E-state index is 0.440. The molecule has 0 saturated carbocycles. The highest BCUT2D eigenvalue weighted by atomic mass is 15.3. The molecule has 1 N–H and O–H groups in total. The zero-order chi connectivity index (χ0) is 10.6. The van der Waals surface area contributed by atoms with Crippen LogP contribution in [0.15, 0.2) is 6.33 Å². The number of hydrogen-bond acceptors (Lipinski definition) is 3. The van der Waals surface area contributed by atoms with Gasteiger partial charge in [0.25, 0.3) is 0 Å². The molecule has 1 aromatic rings. The predicted molar refractivity (Wildman–Crippen MR) is 57.0 cm³/mol. The van der Waals surface area contributed by atoms with E-state index in [-0.39, 0.29) is 0 Å². The van der Waals surface area contributed by atoms with Gasteiger partial charge in [-0.25, -0.2) is 9.67 Å². The Morgan fingerprint density at radius 1 is 1.43 bits per heavy atom. The van der Waals surface area contributed by atoms with E-state index in [1.807, 2.05) is 11.0 Å². The molecule has 0 radical (unpaired) electrons. The Kier molecular flexibility index (Phi) is 4.07. The molecule has 1 aromatic heterocycles. The van der Waals surface area contributed by atoms with Gasteiger partial charge in [-0.1, -0.05) is 20.8 Å². The van der Waals surface area contributed by atoms with E-state index in [4.69, 9.17) is 0 Å².